The highest BCUT2D eigenvalue weighted by molar-refractivity contribution is 6.04. The molecular weight excluding hydrogens is 304 g/mol. The van der Waals surface area contributed by atoms with E-state index in [4.69, 9.17) is 4.74 Å². The standard InChI is InChI=1S/C14H14N4O5/c19-11(4-2-8-13(21)18-14(22)17-8)15-7-1-3-10-9(5-7)16-12(20)6-23-10/h1,3,5,8H,2,4,6H2,(H,15,19)(H,16,20)(H2,17,18,21,22). The molecule has 1 unspecified atom stereocenters. The van der Waals surface area contributed by atoms with E-state index in [1.165, 1.54) is 0 Å². The zero-order valence-electron chi connectivity index (χ0n) is 12.0. The number of anilines is 2. The topological polar surface area (TPSA) is 126 Å². The molecule has 0 bridgehead atoms. The summed E-state index contributed by atoms with van der Waals surface area (Å²) in [7, 11) is 0. The molecule has 0 saturated carbocycles. The van der Waals surface area contributed by atoms with Crippen LogP contribution in [0.4, 0.5) is 16.2 Å². The molecule has 120 valence electrons. The molecule has 4 N–H and O–H groups in total. The number of fused-ring (bicyclic) bond motifs is 1. The van der Waals surface area contributed by atoms with E-state index in [0.29, 0.717) is 17.1 Å². The zero-order valence-corrected chi connectivity index (χ0v) is 12.0. The molecule has 2 aliphatic heterocycles. The van der Waals surface area contributed by atoms with Crippen molar-refractivity contribution >= 4 is 35.1 Å². The number of hydrogen-bond donors (Lipinski definition) is 4. The largest absolute Gasteiger partial charge is 0.482 e. The molecule has 1 saturated heterocycles. The molecule has 9 nitrogen and oxygen atoms in total. The molecule has 1 fully saturated rings. The maximum Gasteiger partial charge on any atom is 0.322 e. The fourth-order valence-electron chi connectivity index (χ4n) is 2.32. The molecular formula is C14H14N4O5. The minimum Gasteiger partial charge on any atom is -0.482 e. The Morgan fingerprint density at radius 2 is 2.09 bits per heavy atom. The van der Waals surface area contributed by atoms with Gasteiger partial charge in [0.1, 0.15) is 11.8 Å². The highest BCUT2D eigenvalue weighted by Crippen LogP contribution is 2.30. The second-order valence-corrected chi connectivity index (χ2v) is 5.15. The normalized spacial score (nSPS) is 19.1. The van der Waals surface area contributed by atoms with Crippen LogP contribution in [0.25, 0.3) is 0 Å². The van der Waals surface area contributed by atoms with Crippen molar-refractivity contribution < 1.29 is 23.9 Å². The lowest BCUT2D eigenvalue weighted by Gasteiger charge is -2.18. The Hall–Kier alpha value is -3.10. The van der Waals surface area contributed by atoms with Crippen molar-refractivity contribution in [3.8, 4) is 5.75 Å². The van der Waals surface area contributed by atoms with Crippen LogP contribution < -0.4 is 26.0 Å². The molecule has 0 aliphatic carbocycles. The smallest absolute Gasteiger partial charge is 0.322 e. The van der Waals surface area contributed by atoms with Gasteiger partial charge in [-0.05, 0) is 24.6 Å². The van der Waals surface area contributed by atoms with Crippen molar-refractivity contribution in [3.05, 3.63) is 18.2 Å². The first kappa shape index (κ1) is 14.8. The fourth-order valence-corrected chi connectivity index (χ4v) is 2.32. The van der Waals surface area contributed by atoms with Gasteiger partial charge >= 0.3 is 6.03 Å². The number of benzene rings is 1. The summed E-state index contributed by atoms with van der Waals surface area (Å²) in [6.45, 7) is -0.0339. The second kappa shape index (κ2) is 5.95. The summed E-state index contributed by atoms with van der Waals surface area (Å²) in [5.74, 6) is -0.463. The van der Waals surface area contributed by atoms with Crippen LogP contribution in [-0.4, -0.2) is 36.4 Å². The Bertz CT molecular complexity index is 702. The first-order chi connectivity index (χ1) is 11.0. The van der Waals surface area contributed by atoms with Gasteiger partial charge in [0, 0.05) is 12.1 Å². The van der Waals surface area contributed by atoms with Crippen molar-refractivity contribution in [2.24, 2.45) is 0 Å². The van der Waals surface area contributed by atoms with E-state index < -0.39 is 18.0 Å². The SMILES string of the molecule is O=C(CCC1NC(=O)NC1=O)Nc1ccc2c(c1)NC(=O)CO2. The average Bonchev–Trinajstić information content (AvgIpc) is 2.82. The molecule has 23 heavy (non-hydrogen) atoms. The monoisotopic (exact) mass is 318 g/mol. The number of rotatable bonds is 4. The van der Waals surface area contributed by atoms with Crippen LogP contribution in [0.2, 0.25) is 0 Å². The quantitative estimate of drug-likeness (QED) is 0.579. The Balaban J connectivity index is 1.56. The van der Waals surface area contributed by atoms with Crippen LogP contribution in [0.15, 0.2) is 18.2 Å². The number of carbonyl (C=O) groups excluding carboxylic acids is 4. The summed E-state index contributed by atoms with van der Waals surface area (Å²) in [5.41, 5.74) is 0.987. The molecule has 1 aromatic rings. The van der Waals surface area contributed by atoms with Gasteiger partial charge in [0.05, 0.1) is 5.69 Å². The predicted molar refractivity (Wildman–Crippen MR) is 78.9 cm³/mol. The number of urea groups is 1. The highest BCUT2D eigenvalue weighted by Gasteiger charge is 2.29. The van der Waals surface area contributed by atoms with Crippen molar-refractivity contribution in [2.45, 2.75) is 18.9 Å². The average molecular weight is 318 g/mol. The van der Waals surface area contributed by atoms with Crippen LogP contribution in [0.1, 0.15) is 12.8 Å². The Morgan fingerprint density at radius 3 is 2.83 bits per heavy atom. The maximum atomic E-state index is 11.9. The molecule has 9 heteroatoms. The number of ether oxygens (including phenoxy) is 1. The summed E-state index contributed by atoms with van der Waals surface area (Å²) in [4.78, 5) is 45.5. The molecule has 0 aromatic heterocycles. The van der Waals surface area contributed by atoms with Gasteiger partial charge in [0.25, 0.3) is 11.8 Å². The summed E-state index contributed by atoms with van der Waals surface area (Å²) >= 11 is 0. The van der Waals surface area contributed by atoms with Gasteiger partial charge in [-0.3, -0.25) is 19.7 Å². The molecule has 1 aromatic carbocycles. The highest BCUT2D eigenvalue weighted by atomic mass is 16.5. The third-order valence-electron chi connectivity index (χ3n) is 3.41. The molecule has 0 spiro atoms. The summed E-state index contributed by atoms with van der Waals surface area (Å²) in [6, 6.07) is 3.65. The number of carbonyl (C=O) groups is 4. The van der Waals surface area contributed by atoms with Crippen LogP contribution in [0.3, 0.4) is 0 Å². The zero-order chi connectivity index (χ0) is 16.4. The van der Waals surface area contributed by atoms with E-state index in [-0.39, 0.29) is 31.3 Å². The van der Waals surface area contributed by atoms with Crippen molar-refractivity contribution in [2.75, 3.05) is 17.2 Å². The van der Waals surface area contributed by atoms with E-state index in [9.17, 15) is 19.2 Å². The molecule has 2 heterocycles. The molecule has 1 atom stereocenters. The molecule has 3 rings (SSSR count). The first-order valence-electron chi connectivity index (χ1n) is 6.99. The lowest BCUT2D eigenvalue weighted by Crippen LogP contribution is -2.30. The Kier molecular flexibility index (Phi) is 3.83. The van der Waals surface area contributed by atoms with Gasteiger partial charge in [-0.15, -0.1) is 0 Å². The third kappa shape index (κ3) is 3.39. The van der Waals surface area contributed by atoms with Gasteiger partial charge in [0.15, 0.2) is 6.61 Å². The summed E-state index contributed by atoms with van der Waals surface area (Å²) in [6.07, 6.45) is 0.270. The first-order valence-corrected chi connectivity index (χ1v) is 6.99. The summed E-state index contributed by atoms with van der Waals surface area (Å²) in [5, 5.41) is 9.84. The van der Waals surface area contributed by atoms with Gasteiger partial charge in [-0.2, -0.15) is 0 Å². The van der Waals surface area contributed by atoms with Crippen LogP contribution >= 0.6 is 0 Å². The van der Waals surface area contributed by atoms with Crippen molar-refractivity contribution in [1.29, 1.82) is 0 Å². The number of imide groups is 1. The minimum absolute atomic E-state index is 0.0339. The van der Waals surface area contributed by atoms with Crippen molar-refractivity contribution in [3.63, 3.8) is 0 Å². The minimum atomic E-state index is -0.690. The van der Waals surface area contributed by atoms with Gasteiger partial charge in [-0.1, -0.05) is 0 Å². The Morgan fingerprint density at radius 1 is 1.26 bits per heavy atom. The Labute approximate surface area is 130 Å². The van der Waals surface area contributed by atoms with Crippen molar-refractivity contribution in [1.82, 2.24) is 10.6 Å². The van der Waals surface area contributed by atoms with E-state index in [1.807, 2.05) is 0 Å². The maximum absolute atomic E-state index is 11.9. The van der Waals surface area contributed by atoms with Gasteiger partial charge in [0.2, 0.25) is 5.91 Å². The van der Waals surface area contributed by atoms with Crippen LogP contribution in [0, 0.1) is 0 Å². The molecule has 0 radical (unpaired) electrons. The molecule has 5 amide bonds. The predicted octanol–water partition coefficient (Wildman–Crippen LogP) is -0.0558. The lowest BCUT2D eigenvalue weighted by molar-refractivity contribution is -0.121. The van der Waals surface area contributed by atoms with E-state index in [2.05, 4.69) is 21.3 Å². The lowest BCUT2D eigenvalue weighted by atomic mass is 10.1. The van der Waals surface area contributed by atoms with Gasteiger partial charge < -0.3 is 20.7 Å². The number of nitrogens with one attached hydrogen (secondary N) is 4. The summed E-state index contributed by atoms with van der Waals surface area (Å²) < 4.78 is 5.22. The van der Waals surface area contributed by atoms with E-state index in [1.54, 1.807) is 18.2 Å². The second-order valence-electron chi connectivity index (χ2n) is 5.15. The van der Waals surface area contributed by atoms with Crippen LogP contribution in [0.5, 0.6) is 5.75 Å². The fraction of sp³-hybridized carbons (Fsp3) is 0.286. The third-order valence-corrected chi connectivity index (χ3v) is 3.41. The number of amides is 5. The van der Waals surface area contributed by atoms with Crippen LogP contribution in [-0.2, 0) is 14.4 Å². The number of hydrogen-bond acceptors (Lipinski definition) is 5. The molecule has 2 aliphatic rings. The van der Waals surface area contributed by atoms with E-state index in [0.717, 1.165) is 0 Å². The van der Waals surface area contributed by atoms with E-state index >= 15 is 0 Å². The van der Waals surface area contributed by atoms with Gasteiger partial charge in [-0.25, -0.2) is 4.79 Å².